The van der Waals surface area contributed by atoms with E-state index in [4.69, 9.17) is 17.3 Å². The van der Waals surface area contributed by atoms with Gasteiger partial charge in [0.1, 0.15) is 12.2 Å². The van der Waals surface area contributed by atoms with Crippen molar-refractivity contribution in [2.75, 3.05) is 0 Å². The van der Waals surface area contributed by atoms with Gasteiger partial charge in [0.05, 0.1) is 16.8 Å². The zero-order chi connectivity index (χ0) is 13.1. The first-order valence-corrected chi connectivity index (χ1v) is 6.21. The molecule has 0 amide bonds. The third-order valence-electron chi connectivity index (χ3n) is 2.68. The van der Waals surface area contributed by atoms with E-state index in [1.54, 1.807) is 24.7 Å². The van der Waals surface area contributed by atoms with Gasteiger partial charge in [0, 0.05) is 18.7 Å². The Morgan fingerprint density at radius 2 is 2.17 bits per heavy atom. The lowest BCUT2D eigenvalue weighted by molar-refractivity contribution is 0.491. The van der Waals surface area contributed by atoms with Crippen LogP contribution in [0.4, 0.5) is 0 Å². The molecule has 0 saturated carbocycles. The van der Waals surface area contributed by atoms with E-state index >= 15 is 0 Å². The summed E-state index contributed by atoms with van der Waals surface area (Å²) in [6.07, 6.45) is 3.80. The predicted molar refractivity (Wildman–Crippen MR) is 70.3 cm³/mol. The van der Waals surface area contributed by atoms with Crippen LogP contribution < -0.4 is 5.73 Å². The van der Waals surface area contributed by atoms with Crippen LogP contribution in [-0.4, -0.2) is 19.7 Å². The average molecular weight is 266 g/mol. The first-order chi connectivity index (χ1) is 8.59. The van der Waals surface area contributed by atoms with E-state index in [1.165, 1.54) is 0 Å². The van der Waals surface area contributed by atoms with Gasteiger partial charge in [-0.1, -0.05) is 11.6 Å². The van der Waals surface area contributed by atoms with Crippen LogP contribution in [0.15, 0.2) is 24.7 Å². The normalized spacial score (nSPS) is 12.9. The molecular formula is C12H16ClN5. The van der Waals surface area contributed by atoms with Crippen molar-refractivity contribution in [3.05, 3.63) is 41.2 Å². The molecule has 0 radical (unpaired) electrons. The SMILES string of the molecule is CC(C)n1ncnc1CC(N)c1ncccc1Cl. The van der Waals surface area contributed by atoms with Crippen LogP contribution in [0.3, 0.4) is 0 Å². The Labute approximate surface area is 111 Å². The number of pyridine rings is 1. The van der Waals surface area contributed by atoms with Crippen molar-refractivity contribution >= 4 is 11.6 Å². The Morgan fingerprint density at radius 3 is 2.83 bits per heavy atom. The van der Waals surface area contributed by atoms with E-state index in [0.29, 0.717) is 17.1 Å². The zero-order valence-electron chi connectivity index (χ0n) is 10.4. The highest BCUT2D eigenvalue weighted by Crippen LogP contribution is 2.21. The number of hydrogen-bond acceptors (Lipinski definition) is 4. The summed E-state index contributed by atoms with van der Waals surface area (Å²) in [6, 6.07) is 3.56. The molecule has 0 fully saturated rings. The number of nitrogens with zero attached hydrogens (tertiary/aromatic N) is 4. The standard InChI is InChI=1S/C12H16ClN5/c1-8(2)18-11(16-7-17-18)6-10(14)12-9(13)4-3-5-15-12/h3-5,7-8,10H,6,14H2,1-2H3. The molecule has 0 aliphatic carbocycles. The summed E-state index contributed by atoms with van der Waals surface area (Å²) < 4.78 is 1.86. The molecule has 2 aromatic heterocycles. The first kappa shape index (κ1) is 13.0. The highest BCUT2D eigenvalue weighted by molar-refractivity contribution is 6.31. The second kappa shape index (κ2) is 5.46. The Kier molecular flexibility index (Phi) is 3.93. The maximum absolute atomic E-state index is 6.13. The maximum Gasteiger partial charge on any atom is 0.138 e. The van der Waals surface area contributed by atoms with Gasteiger partial charge >= 0.3 is 0 Å². The van der Waals surface area contributed by atoms with Crippen molar-refractivity contribution in [2.45, 2.75) is 32.4 Å². The van der Waals surface area contributed by atoms with Gasteiger partial charge in [-0.15, -0.1) is 0 Å². The van der Waals surface area contributed by atoms with Crippen molar-refractivity contribution in [1.82, 2.24) is 19.7 Å². The fraction of sp³-hybridized carbons (Fsp3) is 0.417. The quantitative estimate of drug-likeness (QED) is 0.920. The minimum atomic E-state index is -0.277. The van der Waals surface area contributed by atoms with Crippen molar-refractivity contribution in [3.8, 4) is 0 Å². The molecule has 2 heterocycles. The molecule has 0 aromatic carbocycles. The molecule has 96 valence electrons. The molecule has 2 rings (SSSR count). The van der Waals surface area contributed by atoms with Gasteiger partial charge in [-0.25, -0.2) is 9.67 Å². The molecule has 1 unspecified atom stereocenters. The van der Waals surface area contributed by atoms with Gasteiger partial charge in [-0.05, 0) is 26.0 Å². The van der Waals surface area contributed by atoms with Gasteiger partial charge in [-0.2, -0.15) is 5.10 Å². The van der Waals surface area contributed by atoms with E-state index in [1.807, 2.05) is 4.68 Å². The third-order valence-corrected chi connectivity index (χ3v) is 3.00. The lowest BCUT2D eigenvalue weighted by Gasteiger charge is -2.14. The smallest absolute Gasteiger partial charge is 0.138 e. The molecule has 0 saturated heterocycles. The topological polar surface area (TPSA) is 69.6 Å². The number of halogens is 1. The van der Waals surface area contributed by atoms with E-state index in [-0.39, 0.29) is 12.1 Å². The molecule has 2 aromatic rings. The Hall–Kier alpha value is -1.46. The Morgan fingerprint density at radius 1 is 1.39 bits per heavy atom. The van der Waals surface area contributed by atoms with Gasteiger partial charge in [-0.3, -0.25) is 4.98 Å². The molecule has 0 spiro atoms. The molecule has 0 bridgehead atoms. The molecule has 0 aliphatic heterocycles. The average Bonchev–Trinajstić information content (AvgIpc) is 2.77. The van der Waals surface area contributed by atoms with Gasteiger partial charge in [0.15, 0.2) is 0 Å². The summed E-state index contributed by atoms with van der Waals surface area (Å²) in [4.78, 5) is 8.45. The third kappa shape index (κ3) is 2.68. The van der Waals surface area contributed by atoms with Crippen molar-refractivity contribution in [2.24, 2.45) is 5.73 Å². The minimum Gasteiger partial charge on any atom is -0.322 e. The molecule has 0 aliphatic rings. The number of rotatable bonds is 4. The van der Waals surface area contributed by atoms with Crippen LogP contribution in [0, 0.1) is 0 Å². The van der Waals surface area contributed by atoms with Crippen LogP contribution in [0.5, 0.6) is 0 Å². The largest absolute Gasteiger partial charge is 0.322 e. The van der Waals surface area contributed by atoms with E-state index in [0.717, 1.165) is 5.82 Å². The molecule has 5 nitrogen and oxygen atoms in total. The summed E-state index contributed by atoms with van der Waals surface area (Å²) in [5, 5.41) is 4.77. The van der Waals surface area contributed by atoms with E-state index in [9.17, 15) is 0 Å². The van der Waals surface area contributed by atoms with Crippen LogP contribution in [-0.2, 0) is 6.42 Å². The number of nitrogens with two attached hydrogens (primary N) is 1. The summed E-state index contributed by atoms with van der Waals surface area (Å²) >= 11 is 6.08. The summed E-state index contributed by atoms with van der Waals surface area (Å²) in [5.74, 6) is 0.846. The molecule has 6 heteroatoms. The van der Waals surface area contributed by atoms with Gasteiger partial charge in [0.25, 0.3) is 0 Å². The lowest BCUT2D eigenvalue weighted by atomic mass is 10.1. The van der Waals surface area contributed by atoms with Crippen LogP contribution in [0.1, 0.15) is 37.4 Å². The molecule has 18 heavy (non-hydrogen) atoms. The highest BCUT2D eigenvalue weighted by Gasteiger charge is 2.16. The number of hydrogen-bond donors (Lipinski definition) is 1. The molecule has 1 atom stereocenters. The second-order valence-corrected chi connectivity index (χ2v) is 4.80. The Bertz CT molecular complexity index is 523. The minimum absolute atomic E-state index is 0.258. The van der Waals surface area contributed by atoms with E-state index in [2.05, 4.69) is 28.9 Å². The lowest BCUT2D eigenvalue weighted by Crippen LogP contribution is -2.19. The molecule has 2 N–H and O–H groups in total. The molecular weight excluding hydrogens is 250 g/mol. The van der Waals surface area contributed by atoms with E-state index < -0.39 is 0 Å². The van der Waals surface area contributed by atoms with Crippen LogP contribution >= 0.6 is 11.6 Å². The van der Waals surface area contributed by atoms with Gasteiger partial charge in [0.2, 0.25) is 0 Å². The summed E-state index contributed by atoms with van der Waals surface area (Å²) in [5.41, 5.74) is 6.82. The van der Waals surface area contributed by atoms with Crippen molar-refractivity contribution < 1.29 is 0 Å². The van der Waals surface area contributed by atoms with Crippen molar-refractivity contribution in [3.63, 3.8) is 0 Å². The number of aromatic nitrogens is 4. The monoisotopic (exact) mass is 265 g/mol. The second-order valence-electron chi connectivity index (χ2n) is 4.40. The van der Waals surface area contributed by atoms with Crippen LogP contribution in [0.2, 0.25) is 5.02 Å². The maximum atomic E-state index is 6.13. The summed E-state index contributed by atoms with van der Waals surface area (Å²) in [6.45, 7) is 4.11. The van der Waals surface area contributed by atoms with Crippen molar-refractivity contribution in [1.29, 1.82) is 0 Å². The fourth-order valence-corrected chi connectivity index (χ4v) is 2.08. The van der Waals surface area contributed by atoms with Crippen LogP contribution in [0.25, 0.3) is 0 Å². The zero-order valence-corrected chi connectivity index (χ0v) is 11.2. The Balaban J connectivity index is 2.19. The highest BCUT2D eigenvalue weighted by atomic mass is 35.5. The fourth-order valence-electron chi connectivity index (χ4n) is 1.82. The summed E-state index contributed by atoms with van der Waals surface area (Å²) in [7, 11) is 0. The van der Waals surface area contributed by atoms with Gasteiger partial charge < -0.3 is 5.73 Å². The first-order valence-electron chi connectivity index (χ1n) is 5.84. The predicted octanol–water partition coefficient (Wildman–Crippen LogP) is 2.15.